The smallest absolute Gasteiger partial charge is 0.320 e. The molecule has 0 bridgehead atoms. The SMILES string of the molecule is CC1COC1(F)F.CCC(=O)CC.CN1C(=O)N(C)S(=O)(=O)C(C)(F)C1=O. The number of hydrogen-bond donors (Lipinski definition) is 0. The number of carbonyl (C=O) groups excluding carboxylic acids is 3. The van der Waals surface area contributed by atoms with Gasteiger partial charge in [0.2, 0.25) is 0 Å². The van der Waals surface area contributed by atoms with Crippen LogP contribution in [0.15, 0.2) is 0 Å². The molecule has 12 heteroatoms. The Morgan fingerprint density at radius 3 is 1.81 bits per heavy atom. The molecular formula is C15H25F3N2O6S. The van der Waals surface area contributed by atoms with Crippen molar-refractivity contribution < 1.29 is 40.7 Å². The molecule has 27 heavy (non-hydrogen) atoms. The van der Waals surface area contributed by atoms with E-state index in [4.69, 9.17) is 0 Å². The summed E-state index contributed by atoms with van der Waals surface area (Å²) in [6, 6.07) is -1.06. The van der Waals surface area contributed by atoms with Crippen molar-refractivity contribution in [2.45, 2.75) is 51.6 Å². The summed E-state index contributed by atoms with van der Waals surface area (Å²) in [5, 5.41) is -3.08. The molecule has 3 amide bonds. The van der Waals surface area contributed by atoms with Crippen LogP contribution >= 0.6 is 0 Å². The van der Waals surface area contributed by atoms with E-state index in [9.17, 15) is 36.0 Å². The summed E-state index contributed by atoms with van der Waals surface area (Å²) < 4.78 is 63.6. The van der Waals surface area contributed by atoms with Crippen molar-refractivity contribution in [2.24, 2.45) is 5.92 Å². The highest BCUT2D eigenvalue weighted by molar-refractivity contribution is 7.91. The highest BCUT2D eigenvalue weighted by atomic mass is 32.2. The number of halogens is 3. The fourth-order valence-electron chi connectivity index (χ4n) is 1.69. The van der Waals surface area contributed by atoms with Crippen molar-refractivity contribution >= 4 is 27.7 Å². The molecular weight excluding hydrogens is 393 g/mol. The second-order valence-corrected chi connectivity index (χ2v) is 8.32. The fourth-order valence-corrected chi connectivity index (χ4v) is 2.89. The highest BCUT2D eigenvalue weighted by Gasteiger charge is 2.58. The standard InChI is InChI=1S/C6H9FN2O4S.C5H10O.C4H6F2O/c1-6(7)4(10)8(2)5(11)9(3)14(6,12)13;1-3-5(6)4-2;1-3-2-7-4(3,5)6/h1-3H3;3-4H2,1-2H3;3H,2H2,1H3. The van der Waals surface area contributed by atoms with Gasteiger partial charge in [0.1, 0.15) is 5.78 Å². The molecule has 0 aromatic carbocycles. The van der Waals surface area contributed by atoms with Gasteiger partial charge in [0.05, 0.1) is 12.5 Å². The van der Waals surface area contributed by atoms with E-state index in [0.29, 0.717) is 30.4 Å². The molecule has 2 heterocycles. The normalized spacial score (nSPS) is 28.3. The van der Waals surface area contributed by atoms with Gasteiger partial charge in [-0.25, -0.2) is 21.9 Å². The molecule has 2 aliphatic heterocycles. The van der Waals surface area contributed by atoms with Gasteiger partial charge in [-0.15, -0.1) is 0 Å². The van der Waals surface area contributed by atoms with E-state index >= 15 is 0 Å². The Hall–Kier alpha value is -1.69. The third-order valence-electron chi connectivity index (χ3n) is 3.98. The second kappa shape index (κ2) is 9.00. The number of carbonyl (C=O) groups is 3. The lowest BCUT2D eigenvalue weighted by molar-refractivity contribution is -0.352. The number of ketones is 1. The molecule has 2 rings (SSSR count). The van der Waals surface area contributed by atoms with Crippen molar-refractivity contribution in [1.82, 2.24) is 9.21 Å². The molecule has 2 aliphatic rings. The number of sulfonamides is 1. The molecule has 0 spiro atoms. The van der Waals surface area contributed by atoms with E-state index < -0.39 is 39.0 Å². The monoisotopic (exact) mass is 418 g/mol. The zero-order valence-electron chi connectivity index (χ0n) is 16.1. The molecule has 0 aromatic heterocycles. The molecule has 0 radical (unpaired) electrons. The predicted molar refractivity (Wildman–Crippen MR) is 90.0 cm³/mol. The lowest BCUT2D eigenvalue weighted by atomic mass is 10.1. The number of rotatable bonds is 2. The van der Waals surface area contributed by atoms with E-state index in [1.54, 1.807) is 0 Å². The maximum atomic E-state index is 13.5. The Morgan fingerprint density at radius 2 is 1.59 bits per heavy atom. The van der Waals surface area contributed by atoms with E-state index in [-0.39, 0.29) is 10.9 Å². The van der Waals surface area contributed by atoms with Crippen molar-refractivity contribution in [3.05, 3.63) is 0 Å². The summed E-state index contributed by atoms with van der Waals surface area (Å²) in [4.78, 5) is 32.9. The van der Waals surface area contributed by atoms with Crippen LogP contribution < -0.4 is 0 Å². The number of amides is 3. The zero-order valence-corrected chi connectivity index (χ0v) is 16.9. The Bertz CT molecular complexity index is 675. The van der Waals surface area contributed by atoms with Crippen molar-refractivity contribution in [2.75, 3.05) is 20.7 Å². The molecule has 0 aliphatic carbocycles. The number of imide groups is 1. The van der Waals surface area contributed by atoms with Crippen molar-refractivity contribution in [3.63, 3.8) is 0 Å². The summed E-state index contributed by atoms with van der Waals surface area (Å²) in [5.41, 5.74) is 0. The quantitative estimate of drug-likeness (QED) is 0.681. The molecule has 2 fully saturated rings. The van der Waals surface area contributed by atoms with Gasteiger partial charge in [0, 0.05) is 26.9 Å². The van der Waals surface area contributed by atoms with E-state index in [2.05, 4.69) is 4.74 Å². The number of hydrogen-bond acceptors (Lipinski definition) is 6. The minimum atomic E-state index is -4.55. The summed E-state index contributed by atoms with van der Waals surface area (Å²) >= 11 is 0. The summed E-state index contributed by atoms with van der Waals surface area (Å²) in [6.07, 6.45) is -1.44. The van der Waals surface area contributed by atoms with Crippen LogP contribution in [0.5, 0.6) is 0 Å². The maximum Gasteiger partial charge on any atom is 0.360 e. The third-order valence-corrected chi connectivity index (χ3v) is 6.00. The first-order valence-corrected chi connectivity index (χ1v) is 9.54. The van der Waals surface area contributed by atoms with Crippen molar-refractivity contribution in [3.8, 4) is 0 Å². The molecule has 0 N–H and O–H groups in total. The van der Waals surface area contributed by atoms with Crippen LogP contribution in [0.25, 0.3) is 0 Å². The largest absolute Gasteiger partial charge is 0.360 e. The van der Waals surface area contributed by atoms with Crippen LogP contribution in [0.3, 0.4) is 0 Å². The molecule has 0 aromatic rings. The lowest BCUT2D eigenvalue weighted by Crippen LogP contribution is -2.63. The topological polar surface area (TPSA) is 101 Å². The first kappa shape index (κ1) is 25.3. The molecule has 2 unspecified atom stereocenters. The van der Waals surface area contributed by atoms with Gasteiger partial charge in [0.15, 0.2) is 0 Å². The van der Waals surface area contributed by atoms with Gasteiger partial charge in [-0.1, -0.05) is 20.8 Å². The van der Waals surface area contributed by atoms with E-state index in [0.717, 1.165) is 14.1 Å². The lowest BCUT2D eigenvalue weighted by Gasteiger charge is -2.35. The third kappa shape index (κ3) is 5.41. The van der Waals surface area contributed by atoms with Crippen molar-refractivity contribution in [1.29, 1.82) is 0 Å². The Kier molecular flexibility index (Phi) is 8.44. The minimum absolute atomic E-state index is 0.201. The Balaban J connectivity index is 0.000000433. The predicted octanol–water partition coefficient (Wildman–Crippen LogP) is 2.15. The second-order valence-electron chi connectivity index (χ2n) is 6.06. The van der Waals surface area contributed by atoms with E-state index in [1.165, 1.54) is 6.92 Å². The Morgan fingerprint density at radius 1 is 1.19 bits per heavy atom. The molecule has 2 atom stereocenters. The first-order valence-electron chi connectivity index (χ1n) is 8.10. The minimum Gasteiger partial charge on any atom is -0.320 e. The fraction of sp³-hybridized carbons (Fsp3) is 0.800. The average molecular weight is 418 g/mol. The number of Topliss-reactive ketones (excluding diaryl/α,β-unsaturated/α-hetero) is 1. The van der Waals surface area contributed by atoms with Crippen LogP contribution in [-0.4, -0.2) is 67.2 Å². The van der Waals surface area contributed by atoms with Crippen LogP contribution in [0, 0.1) is 5.92 Å². The Labute approximate surface area is 156 Å². The molecule has 8 nitrogen and oxygen atoms in total. The van der Waals surface area contributed by atoms with Gasteiger partial charge in [0.25, 0.3) is 15.9 Å². The molecule has 158 valence electrons. The molecule has 2 saturated heterocycles. The van der Waals surface area contributed by atoms with Crippen LogP contribution in [0.2, 0.25) is 0 Å². The number of nitrogens with zero attached hydrogens (tertiary/aromatic N) is 2. The highest BCUT2D eigenvalue weighted by Crippen LogP contribution is 2.35. The van der Waals surface area contributed by atoms with Gasteiger partial charge in [-0.05, 0) is 6.92 Å². The van der Waals surface area contributed by atoms with Gasteiger partial charge >= 0.3 is 17.1 Å². The van der Waals surface area contributed by atoms with Gasteiger partial charge in [-0.3, -0.25) is 14.5 Å². The number of urea groups is 1. The summed E-state index contributed by atoms with van der Waals surface area (Å²) in [5.74, 6) is -1.61. The van der Waals surface area contributed by atoms with Crippen LogP contribution in [0.4, 0.5) is 18.0 Å². The van der Waals surface area contributed by atoms with Gasteiger partial charge < -0.3 is 4.74 Å². The summed E-state index contributed by atoms with van der Waals surface area (Å²) in [6.45, 7) is 6.04. The van der Waals surface area contributed by atoms with Crippen LogP contribution in [-0.2, 0) is 24.3 Å². The number of ether oxygens (including phenoxy) is 1. The van der Waals surface area contributed by atoms with Crippen LogP contribution in [0.1, 0.15) is 40.5 Å². The average Bonchev–Trinajstić information content (AvgIpc) is 2.63. The molecule has 0 saturated carbocycles. The first-order chi connectivity index (χ1) is 12.1. The maximum absolute atomic E-state index is 13.5. The van der Waals surface area contributed by atoms with E-state index in [1.807, 2.05) is 13.8 Å². The van der Waals surface area contributed by atoms with Gasteiger partial charge in [-0.2, -0.15) is 8.78 Å². The summed E-state index contributed by atoms with van der Waals surface area (Å²) in [7, 11) is -2.62. The number of alkyl halides is 3. The zero-order chi connectivity index (χ0) is 21.8.